The summed E-state index contributed by atoms with van der Waals surface area (Å²) in [5.41, 5.74) is 2.99. The zero-order valence-corrected chi connectivity index (χ0v) is 11.8. The van der Waals surface area contributed by atoms with Crippen LogP contribution < -0.4 is 5.32 Å². The van der Waals surface area contributed by atoms with E-state index in [1.54, 1.807) is 11.8 Å². The van der Waals surface area contributed by atoms with Crippen LogP contribution in [-0.4, -0.2) is 17.4 Å². The lowest BCUT2D eigenvalue weighted by Crippen LogP contribution is -2.12. The van der Waals surface area contributed by atoms with Crippen LogP contribution in [0, 0.1) is 11.3 Å². The van der Waals surface area contributed by atoms with Crippen molar-refractivity contribution in [3.8, 4) is 6.07 Å². The average Bonchev–Trinajstić information content (AvgIpc) is 2.68. The van der Waals surface area contributed by atoms with Crippen molar-refractivity contribution in [3.05, 3.63) is 29.5 Å². The van der Waals surface area contributed by atoms with Crippen molar-refractivity contribution in [2.75, 3.05) is 12.8 Å². The molecule has 0 saturated heterocycles. The Kier molecular flexibility index (Phi) is 3.95. The minimum atomic E-state index is 0.745. The number of hydrogen-bond acceptors (Lipinski definition) is 3. The summed E-state index contributed by atoms with van der Waals surface area (Å²) >= 11 is 1.72. The highest BCUT2D eigenvalue weighted by molar-refractivity contribution is 7.98. The van der Waals surface area contributed by atoms with Gasteiger partial charge in [-0.3, -0.25) is 0 Å². The molecule has 18 heavy (non-hydrogen) atoms. The summed E-state index contributed by atoms with van der Waals surface area (Å²) in [5, 5.41) is 13.8. The van der Waals surface area contributed by atoms with E-state index in [1.807, 2.05) is 11.6 Å². The summed E-state index contributed by atoms with van der Waals surface area (Å²) in [6.45, 7) is 3.72. The lowest BCUT2D eigenvalue weighted by molar-refractivity contribution is 0.725. The number of thioether (sulfide) groups is 1. The van der Waals surface area contributed by atoms with Crippen LogP contribution in [0.4, 0.5) is 0 Å². The highest BCUT2D eigenvalue weighted by Crippen LogP contribution is 2.28. The van der Waals surface area contributed by atoms with E-state index in [-0.39, 0.29) is 0 Å². The summed E-state index contributed by atoms with van der Waals surface area (Å²) in [7, 11) is 1.96. The second kappa shape index (κ2) is 5.47. The lowest BCUT2D eigenvalue weighted by atomic mass is 10.1. The Hall–Kier alpha value is -1.44. The molecule has 0 spiro atoms. The quantitative estimate of drug-likeness (QED) is 0.858. The van der Waals surface area contributed by atoms with Crippen molar-refractivity contribution in [3.63, 3.8) is 0 Å². The number of rotatable bonds is 4. The Morgan fingerprint density at radius 3 is 2.83 bits per heavy atom. The second-order valence-electron chi connectivity index (χ2n) is 4.16. The molecule has 0 saturated carbocycles. The minimum Gasteiger partial charge on any atom is -0.335 e. The van der Waals surface area contributed by atoms with E-state index < -0.39 is 0 Å². The number of hydrogen-bond donors (Lipinski definition) is 1. The van der Waals surface area contributed by atoms with Gasteiger partial charge in [-0.25, -0.2) is 0 Å². The topological polar surface area (TPSA) is 40.8 Å². The normalized spacial score (nSPS) is 10.8. The molecule has 0 aliphatic rings. The Morgan fingerprint density at radius 1 is 1.44 bits per heavy atom. The van der Waals surface area contributed by atoms with Crippen LogP contribution in [-0.2, 0) is 13.6 Å². The van der Waals surface area contributed by atoms with Gasteiger partial charge in [0.05, 0.1) is 5.52 Å². The standard InChI is InChI=1S/C14H17N3S/c1-4-16-9-12-11-6-5-10(18-3)7-13(11)17(2)14(12)8-15/h5-7,16H,4,9H2,1-3H3. The predicted molar refractivity (Wildman–Crippen MR) is 76.8 cm³/mol. The van der Waals surface area contributed by atoms with Gasteiger partial charge in [0.1, 0.15) is 11.8 Å². The van der Waals surface area contributed by atoms with Crippen molar-refractivity contribution in [2.24, 2.45) is 7.05 Å². The number of nitriles is 1. The number of nitrogens with one attached hydrogen (secondary N) is 1. The fourth-order valence-electron chi connectivity index (χ4n) is 2.19. The fraction of sp³-hybridized carbons (Fsp3) is 0.357. The highest BCUT2D eigenvalue weighted by Gasteiger charge is 2.14. The third-order valence-electron chi connectivity index (χ3n) is 3.17. The van der Waals surface area contributed by atoms with Crippen LogP contribution in [0.25, 0.3) is 10.9 Å². The van der Waals surface area contributed by atoms with Gasteiger partial charge >= 0.3 is 0 Å². The van der Waals surface area contributed by atoms with Crippen molar-refractivity contribution in [2.45, 2.75) is 18.4 Å². The first kappa shape index (κ1) is 13.0. The zero-order chi connectivity index (χ0) is 13.1. The number of nitrogens with zero attached hydrogens (tertiary/aromatic N) is 2. The molecular formula is C14H17N3S. The molecule has 2 aromatic rings. The number of fused-ring (bicyclic) bond motifs is 1. The smallest absolute Gasteiger partial charge is 0.125 e. The highest BCUT2D eigenvalue weighted by atomic mass is 32.2. The van der Waals surface area contributed by atoms with Crippen molar-refractivity contribution < 1.29 is 0 Å². The maximum absolute atomic E-state index is 9.32. The predicted octanol–water partition coefficient (Wildman–Crippen LogP) is 2.88. The van der Waals surface area contributed by atoms with Gasteiger partial charge in [-0.1, -0.05) is 13.0 Å². The maximum Gasteiger partial charge on any atom is 0.125 e. The number of benzene rings is 1. The minimum absolute atomic E-state index is 0.745. The molecule has 1 N–H and O–H groups in total. The van der Waals surface area contributed by atoms with E-state index in [0.29, 0.717) is 0 Å². The van der Waals surface area contributed by atoms with Crippen molar-refractivity contribution >= 4 is 22.7 Å². The second-order valence-corrected chi connectivity index (χ2v) is 5.04. The van der Waals surface area contributed by atoms with Gasteiger partial charge in [-0.15, -0.1) is 11.8 Å². The van der Waals surface area contributed by atoms with Gasteiger partial charge < -0.3 is 9.88 Å². The Balaban J connectivity index is 2.64. The molecular weight excluding hydrogens is 242 g/mol. The molecule has 0 aliphatic carbocycles. The average molecular weight is 259 g/mol. The van der Waals surface area contributed by atoms with Crippen LogP contribution >= 0.6 is 11.8 Å². The van der Waals surface area contributed by atoms with Gasteiger partial charge in [-0.2, -0.15) is 5.26 Å². The molecule has 1 heterocycles. The van der Waals surface area contributed by atoms with Crippen molar-refractivity contribution in [1.29, 1.82) is 5.26 Å². The van der Waals surface area contributed by atoms with E-state index in [4.69, 9.17) is 0 Å². The van der Waals surface area contributed by atoms with Crippen LogP contribution in [0.1, 0.15) is 18.2 Å². The van der Waals surface area contributed by atoms with Crippen LogP contribution in [0.2, 0.25) is 0 Å². The van der Waals surface area contributed by atoms with Gasteiger partial charge in [-0.05, 0) is 24.9 Å². The molecule has 0 fully saturated rings. The lowest BCUT2D eigenvalue weighted by Gasteiger charge is -2.01. The number of aryl methyl sites for hydroxylation is 1. The SMILES string of the molecule is CCNCc1c(C#N)n(C)c2cc(SC)ccc12. The van der Waals surface area contributed by atoms with Crippen molar-refractivity contribution in [1.82, 2.24) is 9.88 Å². The van der Waals surface area contributed by atoms with Crippen LogP contribution in [0.3, 0.4) is 0 Å². The maximum atomic E-state index is 9.32. The molecule has 0 aliphatic heterocycles. The first-order valence-corrected chi connectivity index (χ1v) is 7.21. The molecule has 0 bridgehead atoms. The molecule has 2 rings (SSSR count). The third-order valence-corrected chi connectivity index (χ3v) is 3.90. The molecule has 0 unspecified atom stereocenters. The molecule has 1 aromatic carbocycles. The van der Waals surface area contributed by atoms with Gasteiger partial charge in [0.25, 0.3) is 0 Å². The van der Waals surface area contributed by atoms with Crippen LogP contribution in [0.5, 0.6) is 0 Å². The summed E-state index contributed by atoms with van der Waals surface area (Å²) in [5.74, 6) is 0. The molecule has 0 radical (unpaired) electrons. The Morgan fingerprint density at radius 2 is 2.22 bits per heavy atom. The first-order valence-electron chi connectivity index (χ1n) is 5.99. The molecule has 0 amide bonds. The van der Waals surface area contributed by atoms with Gasteiger partial charge in [0, 0.05) is 29.4 Å². The van der Waals surface area contributed by atoms with E-state index >= 15 is 0 Å². The Labute approximate surface area is 112 Å². The van der Waals surface area contributed by atoms with Gasteiger partial charge in [0.15, 0.2) is 0 Å². The number of aromatic nitrogens is 1. The molecule has 3 nitrogen and oxygen atoms in total. The van der Waals surface area contributed by atoms with E-state index in [0.717, 1.165) is 29.9 Å². The summed E-state index contributed by atoms with van der Waals surface area (Å²) in [6, 6.07) is 8.70. The van der Waals surface area contributed by atoms with E-state index in [1.165, 1.54) is 10.3 Å². The summed E-state index contributed by atoms with van der Waals surface area (Å²) < 4.78 is 1.99. The first-order chi connectivity index (χ1) is 8.72. The molecule has 4 heteroatoms. The van der Waals surface area contributed by atoms with Crippen LogP contribution in [0.15, 0.2) is 23.1 Å². The molecule has 0 atom stereocenters. The largest absolute Gasteiger partial charge is 0.335 e. The molecule has 94 valence electrons. The summed E-state index contributed by atoms with van der Waals surface area (Å²) in [4.78, 5) is 1.22. The van der Waals surface area contributed by atoms with E-state index in [9.17, 15) is 5.26 Å². The monoisotopic (exact) mass is 259 g/mol. The van der Waals surface area contributed by atoms with Gasteiger partial charge in [0.2, 0.25) is 0 Å². The zero-order valence-electron chi connectivity index (χ0n) is 10.9. The third kappa shape index (κ3) is 2.12. The molecule has 1 aromatic heterocycles. The Bertz CT molecular complexity index is 608. The van der Waals surface area contributed by atoms with E-state index in [2.05, 4.69) is 42.8 Å². The fourth-order valence-corrected chi connectivity index (χ4v) is 2.63. The summed E-state index contributed by atoms with van der Waals surface area (Å²) in [6.07, 6.45) is 2.06.